The van der Waals surface area contributed by atoms with Crippen LogP contribution in [0, 0.1) is 0 Å². The highest BCUT2D eigenvalue weighted by Gasteiger charge is 2.16. The van der Waals surface area contributed by atoms with Crippen LogP contribution < -0.4 is 0 Å². The predicted molar refractivity (Wildman–Crippen MR) is 48.1 cm³/mol. The Morgan fingerprint density at radius 1 is 1.50 bits per heavy atom. The van der Waals surface area contributed by atoms with E-state index < -0.39 is 30.3 Å². The molecule has 70 valence electrons. The van der Waals surface area contributed by atoms with Crippen LogP contribution in [0.2, 0.25) is 0 Å². The summed E-state index contributed by atoms with van der Waals surface area (Å²) in [5.41, 5.74) is 0. The van der Waals surface area contributed by atoms with Crippen LogP contribution in [0.25, 0.3) is 0 Å². The molecule has 0 amide bonds. The third kappa shape index (κ3) is 4.23. The van der Waals surface area contributed by atoms with Gasteiger partial charge in [0.05, 0.1) is 7.39 Å². The summed E-state index contributed by atoms with van der Waals surface area (Å²) in [6.45, 7) is 1.90. The Morgan fingerprint density at radius 3 is 2.25 bits per heavy atom. The molecule has 0 aliphatic carbocycles. The maximum Gasteiger partial charge on any atom is 0.146 e. The number of ketones is 2. The molecule has 0 saturated carbocycles. The van der Waals surface area contributed by atoms with Gasteiger partial charge in [0, 0.05) is 11.9 Å². The van der Waals surface area contributed by atoms with Crippen molar-refractivity contribution < 1.29 is 16.4 Å². The standard InChI is InChI=1S/C9H17NO2/c1-7(11)5-6-9(8(2)12)10(3)4/h9H,5-6H2,1-4H3/t9-/m0/s1/i5D2,6D2,9D. The summed E-state index contributed by atoms with van der Waals surface area (Å²) in [4.78, 5) is 23.6. The third-order valence-corrected chi connectivity index (χ3v) is 1.14. The van der Waals surface area contributed by atoms with E-state index in [2.05, 4.69) is 0 Å². The lowest BCUT2D eigenvalue weighted by atomic mass is 10.1. The fourth-order valence-corrected chi connectivity index (χ4v) is 0.662. The lowest BCUT2D eigenvalue weighted by Gasteiger charge is -2.20. The maximum absolute atomic E-state index is 11.5. The van der Waals surface area contributed by atoms with Crippen LogP contribution in [0.5, 0.6) is 0 Å². The first kappa shape index (κ1) is 5.12. The molecule has 0 aromatic heterocycles. The Balaban J connectivity index is 5.87. The van der Waals surface area contributed by atoms with Gasteiger partial charge in [-0.15, -0.1) is 0 Å². The molecule has 0 aromatic carbocycles. The number of likely N-dealkylation sites (N-methyl/N-ethyl adjacent to an activating group) is 1. The van der Waals surface area contributed by atoms with Crippen LogP contribution in [0.15, 0.2) is 0 Å². The molecule has 0 radical (unpaired) electrons. The Labute approximate surface area is 80.8 Å². The van der Waals surface area contributed by atoms with Gasteiger partial charge in [0.25, 0.3) is 0 Å². The third-order valence-electron chi connectivity index (χ3n) is 1.14. The molecule has 12 heavy (non-hydrogen) atoms. The Kier molecular flexibility index (Phi) is 2.15. The van der Waals surface area contributed by atoms with E-state index in [0.717, 1.165) is 18.7 Å². The van der Waals surface area contributed by atoms with Gasteiger partial charge in [-0.2, -0.15) is 0 Å². The number of carbonyl (C=O) groups is 2. The first-order valence-corrected chi connectivity index (χ1v) is 3.53. The van der Waals surface area contributed by atoms with E-state index in [1.807, 2.05) is 0 Å². The number of carbonyl (C=O) groups excluding carboxylic acids is 2. The molecule has 3 heteroatoms. The normalized spacial score (nSPS) is 24.2. The van der Waals surface area contributed by atoms with Gasteiger partial charge in [0.2, 0.25) is 0 Å². The lowest BCUT2D eigenvalue weighted by molar-refractivity contribution is -0.122. The van der Waals surface area contributed by atoms with Gasteiger partial charge >= 0.3 is 0 Å². The number of Topliss-reactive ketones (excluding diaryl/α,β-unsaturated/α-hetero) is 2. The summed E-state index contributed by atoms with van der Waals surface area (Å²) in [6.07, 6.45) is -5.87. The zero-order valence-electron chi connectivity index (χ0n) is 12.8. The zero-order valence-corrected chi connectivity index (χ0v) is 7.76. The van der Waals surface area contributed by atoms with Crippen LogP contribution in [-0.2, 0) is 9.59 Å². The molecule has 0 aliphatic heterocycles. The highest BCUT2D eigenvalue weighted by molar-refractivity contribution is 5.82. The van der Waals surface area contributed by atoms with Crippen molar-refractivity contribution in [3.63, 3.8) is 0 Å². The number of hydrogen-bond acceptors (Lipinski definition) is 3. The second-order valence-electron chi connectivity index (χ2n) is 2.61. The molecule has 0 fully saturated rings. The number of hydrogen-bond donors (Lipinski definition) is 0. The first-order valence-electron chi connectivity index (χ1n) is 6.03. The van der Waals surface area contributed by atoms with Crippen LogP contribution in [0.1, 0.15) is 33.4 Å². The Morgan fingerprint density at radius 2 is 2.00 bits per heavy atom. The monoisotopic (exact) mass is 176 g/mol. The van der Waals surface area contributed by atoms with Crippen molar-refractivity contribution in [1.82, 2.24) is 4.90 Å². The fourth-order valence-electron chi connectivity index (χ4n) is 0.662. The summed E-state index contributed by atoms with van der Waals surface area (Å²) in [5.74, 6) is -1.92. The maximum atomic E-state index is 11.5. The van der Waals surface area contributed by atoms with Crippen molar-refractivity contribution >= 4 is 11.6 Å². The quantitative estimate of drug-likeness (QED) is 0.624. The summed E-state index contributed by atoms with van der Waals surface area (Å²) < 4.78 is 38.2. The number of nitrogens with zero attached hydrogens (tertiary/aromatic N) is 1. The molecule has 3 nitrogen and oxygen atoms in total. The summed E-state index contributed by atoms with van der Waals surface area (Å²) in [7, 11) is 2.59. The minimum Gasteiger partial charge on any atom is -0.300 e. The highest BCUT2D eigenvalue weighted by Crippen LogP contribution is 2.04. The van der Waals surface area contributed by atoms with E-state index in [-0.39, 0.29) is 0 Å². The molecule has 0 unspecified atom stereocenters. The second-order valence-corrected chi connectivity index (χ2v) is 2.61. The predicted octanol–water partition coefficient (Wildman–Crippen LogP) is 0.875. The van der Waals surface area contributed by atoms with Crippen LogP contribution in [0.4, 0.5) is 0 Å². The number of rotatable bonds is 5. The molecule has 0 heterocycles. The molecule has 0 saturated heterocycles. The lowest BCUT2D eigenvalue weighted by Crippen LogP contribution is -2.34. The van der Waals surface area contributed by atoms with Gasteiger partial charge in [0.1, 0.15) is 11.6 Å². The van der Waals surface area contributed by atoms with Crippen LogP contribution in [-0.4, -0.2) is 36.6 Å². The van der Waals surface area contributed by atoms with E-state index in [4.69, 9.17) is 6.85 Å². The van der Waals surface area contributed by atoms with Gasteiger partial charge < -0.3 is 4.79 Å². The van der Waals surface area contributed by atoms with Crippen molar-refractivity contribution in [3.8, 4) is 0 Å². The van der Waals surface area contributed by atoms with Gasteiger partial charge in [0.15, 0.2) is 0 Å². The highest BCUT2D eigenvalue weighted by atomic mass is 16.1. The second kappa shape index (κ2) is 5.04. The van der Waals surface area contributed by atoms with E-state index in [1.165, 1.54) is 14.1 Å². The van der Waals surface area contributed by atoms with Gasteiger partial charge in [-0.25, -0.2) is 0 Å². The van der Waals surface area contributed by atoms with E-state index in [0.29, 0.717) is 0 Å². The van der Waals surface area contributed by atoms with Crippen LogP contribution >= 0.6 is 0 Å². The first-order chi connectivity index (χ1) is 7.33. The molecular formula is C9H17NO2. The zero-order chi connectivity index (χ0) is 14.2. The van der Waals surface area contributed by atoms with Gasteiger partial charge in [-0.1, -0.05) is 0 Å². The average Bonchev–Trinajstić information content (AvgIpc) is 2.14. The molecule has 0 N–H and O–H groups in total. The molecule has 0 aliphatic rings. The largest absolute Gasteiger partial charge is 0.300 e. The Hall–Kier alpha value is -0.700. The topological polar surface area (TPSA) is 37.4 Å². The summed E-state index contributed by atoms with van der Waals surface area (Å²) in [5, 5.41) is 0. The van der Waals surface area contributed by atoms with Crippen molar-refractivity contribution in [3.05, 3.63) is 0 Å². The minimum atomic E-state index is -2.96. The van der Waals surface area contributed by atoms with Crippen molar-refractivity contribution in [2.45, 2.75) is 32.6 Å². The molecule has 0 spiro atoms. The fraction of sp³-hybridized carbons (Fsp3) is 0.778. The summed E-state index contributed by atoms with van der Waals surface area (Å²) >= 11 is 0. The molecule has 1 atom stereocenters. The Bertz CT molecular complexity index is 342. The summed E-state index contributed by atoms with van der Waals surface area (Å²) in [6, 6.07) is -2.46. The average molecular weight is 176 g/mol. The van der Waals surface area contributed by atoms with Crippen LogP contribution in [0.3, 0.4) is 0 Å². The van der Waals surface area contributed by atoms with Gasteiger partial charge in [-0.05, 0) is 34.3 Å². The van der Waals surface area contributed by atoms with Crippen molar-refractivity contribution in [1.29, 1.82) is 0 Å². The molecule has 0 aromatic rings. The SMILES string of the molecule is [2H]C([2H])(C(C)=O)C([2H])([2H])[C@@]([2H])(C(C)=O)N(C)C. The van der Waals surface area contributed by atoms with Gasteiger partial charge in [-0.3, -0.25) is 9.69 Å². The van der Waals surface area contributed by atoms with E-state index in [1.54, 1.807) is 0 Å². The molecule has 0 bridgehead atoms. The smallest absolute Gasteiger partial charge is 0.146 e. The minimum absolute atomic E-state index is 0.863. The van der Waals surface area contributed by atoms with E-state index in [9.17, 15) is 9.59 Å². The van der Waals surface area contributed by atoms with Crippen molar-refractivity contribution in [2.75, 3.05) is 14.1 Å². The van der Waals surface area contributed by atoms with Crippen molar-refractivity contribution in [2.24, 2.45) is 0 Å². The molecular weight excluding hydrogens is 154 g/mol. The van der Waals surface area contributed by atoms with E-state index >= 15 is 0 Å². The molecule has 0 rings (SSSR count).